The molecule has 7 heteroatoms. The van der Waals surface area contributed by atoms with Gasteiger partial charge >= 0.3 is 0 Å². The van der Waals surface area contributed by atoms with Crippen molar-refractivity contribution < 1.29 is 17.9 Å². The summed E-state index contributed by atoms with van der Waals surface area (Å²) >= 11 is 0. The topological polar surface area (TPSA) is 75.7 Å². The summed E-state index contributed by atoms with van der Waals surface area (Å²) in [5, 5.41) is 2.82. The van der Waals surface area contributed by atoms with Crippen molar-refractivity contribution in [2.24, 2.45) is 0 Å². The van der Waals surface area contributed by atoms with Gasteiger partial charge in [0.05, 0.1) is 16.1 Å². The van der Waals surface area contributed by atoms with Crippen LogP contribution in [0.3, 0.4) is 0 Å². The Morgan fingerprint density at radius 1 is 0.963 bits per heavy atom. The van der Waals surface area contributed by atoms with E-state index in [9.17, 15) is 13.2 Å². The zero-order valence-corrected chi connectivity index (χ0v) is 16.0. The highest BCUT2D eigenvalue weighted by Crippen LogP contribution is 2.37. The molecule has 1 N–H and O–H groups in total. The third kappa shape index (κ3) is 3.44. The average molecular weight is 386 g/mol. The molecule has 0 aromatic heterocycles. The van der Waals surface area contributed by atoms with Crippen LogP contribution in [0.4, 0.5) is 5.69 Å². The third-order valence-electron chi connectivity index (χ3n) is 5.00. The number of hydrogen-bond acceptors (Lipinski definition) is 4. The lowest BCUT2D eigenvalue weighted by atomic mass is 10.2. The number of nitrogens with one attached hydrogen (secondary N) is 1. The first-order valence-corrected chi connectivity index (χ1v) is 10.6. The second kappa shape index (κ2) is 6.98. The van der Waals surface area contributed by atoms with Crippen LogP contribution in [0.5, 0.6) is 11.5 Å². The molecule has 2 aromatic rings. The lowest BCUT2D eigenvalue weighted by Gasteiger charge is -2.20. The summed E-state index contributed by atoms with van der Waals surface area (Å²) in [4.78, 5) is 12.8. The van der Waals surface area contributed by atoms with E-state index in [2.05, 4.69) is 5.32 Å². The van der Waals surface area contributed by atoms with Crippen LogP contribution in [-0.4, -0.2) is 31.7 Å². The van der Waals surface area contributed by atoms with Gasteiger partial charge in [0.25, 0.3) is 5.91 Å². The molecule has 0 atom stereocenters. The smallest absolute Gasteiger partial charge is 0.259 e. The molecule has 0 spiro atoms. The van der Waals surface area contributed by atoms with Crippen molar-refractivity contribution in [3.63, 3.8) is 0 Å². The number of amides is 1. The predicted octanol–water partition coefficient (Wildman–Crippen LogP) is 3.92. The largest absolute Gasteiger partial charge is 0.454 e. The van der Waals surface area contributed by atoms with Gasteiger partial charge in [0.15, 0.2) is 5.75 Å². The van der Waals surface area contributed by atoms with Crippen molar-refractivity contribution in [2.45, 2.75) is 37.5 Å². The zero-order valence-electron chi connectivity index (χ0n) is 15.2. The summed E-state index contributed by atoms with van der Waals surface area (Å²) < 4.78 is 33.5. The van der Waals surface area contributed by atoms with Gasteiger partial charge in [0.2, 0.25) is 10.0 Å². The predicted molar refractivity (Wildman–Crippen MR) is 103 cm³/mol. The fourth-order valence-electron chi connectivity index (χ4n) is 3.51. The van der Waals surface area contributed by atoms with E-state index in [0.717, 1.165) is 31.2 Å². The molecular weight excluding hydrogens is 364 g/mol. The number of benzene rings is 2. The van der Waals surface area contributed by atoms with Crippen LogP contribution < -0.4 is 10.1 Å². The van der Waals surface area contributed by atoms with Crippen LogP contribution in [0, 0.1) is 6.92 Å². The molecule has 0 bridgehead atoms. The summed E-state index contributed by atoms with van der Waals surface area (Å²) in [6.45, 7) is 2.97. The average Bonchev–Trinajstić information content (AvgIpc) is 2.99. The quantitative estimate of drug-likeness (QED) is 0.849. The van der Waals surface area contributed by atoms with Gasteiger partial charge in [-0.2, -0.15) is 4.31 Å². The Morgan fingerprint density at radius 3 is 2.41 bits per heavy atom. The molecule has 1 amide bonds. The first-order valence-electron chi connectivity index (χ1n) is 9.19. The standard InChI is InChI=1S/C20H22N2O4S/c1-14-6-8-19-17(12-14)21-20(23)16-13-15(7-9-18(16)26-19)27(24,25)22-10-4-2-3-5-11-22/h6-9,12-13H,2-5,10-11H2,1H3,(H,21,23). The van der Waals surface area contributed by atoms with Gasteiger partial charge < -0.3 is 10.1 Å². The van der Waals surface area contributed by atoms with Crippen LogP contribution in [-0.2, 0) is 10.0 Å². The molecule has 2 aromatic carbocycles. The number of ether oxygens (including phenoxy) is 1. The molecule has 27 heavy (non-hydrogen) atoms. The molecule has 0 aliphatic carbocycles. The SMILES string of the molecule is Cc1ccc2c(c1)NC(=O)c1cc(S(=O)(=O)N3CCCCCC3)ccc1O2. The molecule has 6 nitrogen and oxygen atoms in total. The van der Waals surface area contributed by atoms with E-state index in [1.165, 1.54) is 16.4 Å². The Balaban J connectivity index is 1.71. The highest BCUT2D eigenvalue weighted by atomic mass is 32.2. The Kier molecular flexibility index (Phi) is 4.65. The molecule has 2 heterocycles. The monoisotopic (exact) mass is 386 g/mol. The van der Waals surface area contributed by atoms with Gasteiger partial charge in [-0.25, -0.2) is 8.42 Å². The molecule has 0 radical (unpaired) electrons. The minimum absolute atomic E-state index is 0.129. The summed E-state index contributed by atoms with van der Waals surface area (Å²) in [7, 11) is -3.63. The van der Waals surface area contributed by atoms with E-state index < -0.39 is 10.0 Å². The Labute approximate surface area is 159 Å². The van der Waals surface area contributed by atoms with Crippen LogP contribution in [0.1, 0.15) is 41.6 Å². The molecule has 142 valence electrons. The minimum atomic E-state index is -3.63. The van der Waals surface area contributed by atoms with E-state index in [-0.39, 0.29) is 16.4 Å². The number of aryl methyl sites for hydroxylation is 1. The molecule has 2 aliphatic heterocycles. The Morgan fingerprint density at radius 2 is 1.67 bits per heavy atom. The van der Waals surface area contributed by atoms with Crippen molar-refractivity contribution in [3.05, 3.63) is 47.5 Å². The van der Waals surface area contributed by atoms with Crippen molar-refractivity contribution in [3.8, 4) is 11.5 Å². The molecular formula is C20H22N2O4S. The number of anilines is 1. The van der Waals surface area contributed by atoms with Gasteiger partial charge in [-0.3, -0.25) is 4.79 Å². The number of sulfonamides is 1. The summed E-state index contributed by atoms with van der Waals surface area (Å²) in [5.41, 5.74) is 1.79. The van der Waals surface area contributed by atoms with E-state index >= 15 is 0 Å². The molecule has 0 saturated carbocycles. The van der Waals surface area contributed by atoms with E-state index in [1.807, 2.05) is 19.1 Å². The first-order chi connectivity index (χ1) is 12.9. The molecule has 0 unspecified atom stereocenters. The second-order valence-corrected chi connectivity index (χ2v) is 8.97. The maximum Gasteiger partial charge on any atom is 0.259 e. The second-order valence-electron chi connectivity index (χ2n) is 7.03. The van der Waals surface area contributed by atoms with Gasteiger partial charge in [-0.1, -0.05) is 18.9 Å². The molecule has 1 saturated heterocycles. The van der Waals surface area contributed by atoms with Crippen LogP contribution in [0.15, 0.2) is 41.3 Å². The fourth-order valence-corrected chi connectivity index (χ4v) is 5.05. The lowest BCUT2D eigenvalue weighted by Crippen LogP contribution is -2.32. The number of hydrogen-bond donors (Lipinski definition) is 1. The fraction of sp³-hybridized carbons (Fsp3) is 0.350. The summed E-state index contributed by atoms with van der Waals surface area (Å²) in [6, 6.07) is 10.0. The van der Waals surface area contributed by atoms with Crippen LogP contribution in [0.25, 0.3) is 0 Å². The van der Waals surface area contributed by atoms with Gasteiger partial charge in [0.1, 0.15) is 5.75 Å². The van der Waals surface area contributed by atoms with Gasteiger partial charge in [0, 0.05) is 13.1 Å². The Bertz CT molecular complexity index is 993. The number of carbonyl (C=O) groups excluding carboxylic acids is 1. The number of carbonyl (C=O) groups is 1. The number of rotatable bonds is 2. The normalized spacial score (nSPS) is 17.7. The summed E-state index contributed by atoms with van der Waals surface area (Å²) in [6.07, 6.45) is 3.82. The Hall–Kier alpha value is -2.38. The first kappa shape index (κ1) is 18.0. The van der Waals surface area contributed by atoms with E-state index in [4.69, 9.17) is 4.74 Å². The highest BCUT2D eigenvalue weighted by molar-refractivity contribution is 7.89. The molecule has 1 fully saturated rings. The molecule has 2 aliphatic rings. The number of nitrogens with zero attached hydrogens (tertiary/aromatic N) is 1. The lowest BCUT2D eigenvalue weighted by molar-refractivity contribution is 0.102. The van der Waals surface area contributed by atoms with Gasteiger partial charge in [-0.05, 0) is 55.7 Å². The van der Waals surface area contributed by atoms with Crippen LogP contribution >= 0.6 is 0 Å². The van der Waals surface area contributed by atoms with Crippen molar-refractivity contribution in [2.75, 3.05) is 18.4 Å². The molecule has 4 rings (SSSR count). The highest BCUT2D eigenvalue weighted by Gasteiger charge is 2.28. The maximum atomic E-state index is 13.0. The number of fused-ring (bicyclic) bond motifs is 2. The summed E-state index contributed by atoms with van der Waals surface area (Å²) in [5.74, 6) is 0.517. The van der Waals surface area contributed by atoms with Crippen molar-refractivity contribution in [1.82, 2.24) is 4.31 Å². The van der Waals surface area contributed by atoms with E-state index in [1.54, 1.807) is 12.1 Å². The maximum absolute atomic E-state index is 13.0. The van der Waals surface area contributed by atoms with Crippen LogP contribution in [0.2, 0.25) is 0 Å². The van der Waals surface area contributed by atoms with Crippen molar-refractivity contribution >= 4 is 21.6 Å². The van der Waals surface area contributed by atoms with Gasteiger partial charge in [-0.15, -0.1) is 0 Å². The van der Waals surface area contributed by atoms with E-state index in [0.29, 0.717) is 30.3 Å². The third-order valence-corrected chi connectivity index (χ3v) is 6.90. The van der Waals surface area contributed by atoms with Crippen molar-refractivity contribution in [1.29, 1.82) is 0 Å². The minimum Gasteiger partial charge on any atom is -0.454 e. The zero-order chi connectivity index (χ0) is 19.0.